The first-order chi connectivity index (χ1) is 7.80. The number of hydrogen-bond acceptors (Lipinski definition) is 3. The van der Waals surface area contributed by atoms with Gasteiger partial charge in [-0.3, -0.25) is 4.99 Å². The van der Waals surface area contributed by atoms with Gasteiger partial charge in [0.15, 0.2) is 0 Å². The van der Waals surface area contributed by atoms with Crippen LogP contribution in [-0.2, 0) is 0 Å². The smallest absolute Gasteiger partial charge is 0.0472 e. The van der Waals surface area contributed by atoms with Crippen LogP contribution in [0.15, 0.2) is 15.6 Å². The maximum Gasteiger partial charge on any atom is 0.0472 e. The van der Waals surface area contributed by atoms with Crippen LogP contribution in [0, 0.1) is 5.41 Å². The van der Waals surface area contributed by atoms with E-state index in [0.717, 1.165) is 24.3 Å². The van der Waals surface area contributed by atoms with Gasteiger partial charge in [-0.2, -0.15) is 0 Å². The monoisotopic (exact) mass is 256 g/mol. The summed E-state index contributed by atoms with van der Waals surface area (Å²) < 4.78 is 0. The Morgan fingerprint density at radius 1 is 1.35 bits per heavy atom. The summed E-state index contributed by atoms with van der Waals surface area (Å²) in [5.41, 5.74) is 8.32. The number of nitrogens with two attached hydrogens (primary N) is 1. The third-order valence-corrected chi connectivity index (χ3v) is 4.49. The fourth-order valence-electron chi connectivity index (χ4n) is 1.84. The summed E-state index contributed by atoms with van der Waals surface area (Å²) in [4.78, 5) is 6.10. The van der Waals surface area contributed by atoms with Gasteiger partial charge < -0.3 is 5.73 Å². The number of nitrogens with zero attached hydrogens (tertiary/aromatic N) is 1. The summed E-state index contributed by atoms with van der Waals surface area (Å²) in [5, 5.41) is 0. The van der Waals surface area contributed by atoms with Crippen molar-refractivity contribution in [2.24, 2.45) is 16.1 Å². The summed E-state index contributed by atoms with van der Waals surface area (Å²) in [7, 11) is 0. The third-order valence-electron chi connectivity index (χ3n) is 3.23. The van der Waals surface area contributed by atoms with Crippen LogP contribution < -0.4 is 5.73 Å². The van der Waals surface area contributed by atoms with Gasteiger partial charge in [-0.05, 0) is 38.4 Å². The standard InChI is InChI=1S/C14H28N2S/c1-8-12(10(3)15)16-11(4)13(17-7)14(5,6)9-2/h10H,8-9,15H2,1-7H3/b13-11-,16-12+/t10-/m0/s1. The van der Waals surface area contributed by atoms with Crippen molar-refractivity contribution in [1.29, 1.82) is 0 Å². The highest BCUT2D eigenvalue weighted by Gasteiger charge is 2.22. The fraction of sp³-hybridized carbons (Fsp3) is 0.786. The molecule has 2 N–H and O–H groups in total. The minimum absolute atomic E-state index is 0.0443. The summed E-state index contributed by atoms with van der Waals surface area (Å²) in [6.45, 7) is 13.0. The van der Waals surface area contributed by atoms with Gasteiger partial charge in [0, 0.05) is 22.4 Å². The molecule has 0 unspecified atom stereocenters. The second kappa shape index (κ2) is 7.22. The van der Waals surface area contributed by atoms with Crippen LogP contribution in [0.5, 0.6) is 0 Å². The summed E-state index contributed by atoms with van der Waals surface area (Å²) in [5.74, 6) is 0. The largest absolute Gasteiger partial charge is 0.323 e. The molecule has 0 aliphatic heterocycles. The molecular formula is C14H28N2S. The molecule has 0 amide bonds. The van der Waals surface area contributed by atoms with E-state index in [4.69, 9.17) is 10.7 Å². The second-order valence-electron chi connectivity index (χ2n) is 5.10. The minimum atomic E-state index is 0.0443. The molecule has 0 bridgehead atoms. The van der Waals surface area contributed by atoms with E-state index in [1.807, 2.05) is 6.92 Å². The maximum absolute atomic E-state index is 5.92. The SMILES string of the molecule is CC/C(=N\C(C)=C(/SC)C(C)(C)CC)[C@H](C)N. The van der Waals surface area contributed by atoms with Crippen molar-refractivity contribution < 1.29 is 0 Å². The zero-order chi connectivity index (χ0) is 13.6. The molecule has 0 aliphatic carbocycles. The molecule has 0 fully saturated rings. The van der Waals surface area contributed by atoms with Gasteiger partial charge in [0.2, 0.25) is 0 Å². The quantitative estimate of drug-likeness (QED) is 0.723. The van der Waals surface area contributed by atoms with Crippen molar-refractivity contribution in [1.82, 2.24) is 0 Å². The van der Waals surface area contributed by atoms with Gasteiger partial charge in [-0.25, -0.2) is 0 Å². The zero-order valence-corrected chi connectivity index (χ0v) is 13.2. The van der Waals surface area contributed by atoms with Crippen LogP contribution in [0.4, 0.5) is 0 Å². The molecule has 0 heterocycles. The molecule has 100 valence electrons. The Morgan fingerprint density at radius 2 is 1.88 bits per heavy atom. The lowest BCUT2D eigenvalue weighted by Gasteiger charge is -2.26. The molecule has 0 saturated heterocycles. The van der Waals surface area contributed by atoms with Crippen molar-refractivity contribution in [3.63, 3.8) is 0 Å². The second-order valence-corrected chi connectivity index (χ2v) is 5.92. The Kier molecular flexibility index (Phi) is 7.10. The van der Waals surface area contributed by atoms with Crippen LogP contribution >= 0.6 is 11.8 Å². The molecule has 0 spiro atoms. The molecule has 0 aromatic heterocycles. The molecule has 0 aromatic rings. The Morgan fingerprint density at radius 3 is 2.18 bits per heavy atom. The van der Waals surface area contributed by atoms with Crippen molar-refractivity contribution in [2.75, 3.05) is 6.26 Å². The summed E-state index contributed by atoms with van der Waals surface area (Å²) in [6, 6.07) is 0.0443. The first-order valence-electron chi connectivity index (χ1n) is 6.38. The number of hydrogen-bond donors (Lipinski definition) is 1. The molecule has 2 nitrogen and oxygen atoms in total. The van der Waals surface area contributed by atoms with E-state index in [1.54, 1.807) is 11.8 Å². The molecular weight excluding hydrogens is 228 g/mol. The molecule has 0 radical (unpaired) electrons. The van der Waals surface area contributed by atoms with E-state index in [1.165, 1.54) is 4.91 Å². The van der Waals surface area contributed by atoms with Gasteiger partial charge >= 0.3 is 0 Å². The van der Waals surface area contributed by atoms with Gasteiger partial charge in [0.05, 0.1) is 0 Å². The first kappa shape index (κ1) is 16.7. The number of rotatable bonds is 6. The van der Waals surface area contributed by atoms with Crippen LogP contribution in [0.25, 0.3) is 0 Å². The predicted octanol–water partition coefficient (Wildman–Crippen LogP) is 4.22. The van der Waals surface area contributed by atoms with E-state index in [0.29, 0.717) is 0 Å². The predicted molar refractivity (Wildman–Crippen MR) is 81.7 cm³/mol. The van der Waals surface area contributed by atoms with Crippen LogP contribution in [0.3, 0.4) is 0 Å². The van der Waals surface area contributed by atoms with Gasteiger partial charge in [0.1, 0.15) is 0 Å². The topological polar surface area (TPSA) is 38.4 Å². The third kappa shape index (κ3) is 4.84. The summed E-state index contributed by atoms with van der Waals surface area (Å²) >= 11 is 1.81. The van der Waals surface area contributed by atoms with Gasteiger partial charge in [0.25, 0.3) is 0 Å². The van der Waals surface area contributed by atoms with Crippen molar-refractivity contribution in [3.8, 4) is 0 Å². The Hall–Kier alpha value is -0.280. The van der Waals surface area contributed by atoms with E-state index in [2.05, 4.69) is 40.9 Å². The Bertz CT molecular complexity index is 301. The lowest BCUT2D eigenvalue weighted by atomic mass is 9.89. The Labute approximate surface area is 111 Å². The van der Waals surface area contributed by atoms with Crippen LogP contribution in [-0.4, -0.2) is 18.0 Å². The first-order valence-corrected chi connectivity index (χ1v) is 7.61. The molecule has 0 saturated carbocycles. The van der Waals surface area contributed by atoms with E-state index >= 15 is 0 Å². The molecule has 0 aliphatic rings. The lowest BCUT2D eigenvalue weighted by Crippen LogP contribution is -2.26. The van der Waals surface area contributed by atoms with Crippen molar-refractivity contribution in [3.05, 3.63) is 10.6 Å². The molecule has 0 rings (SSSR count). The molecule has 0 aromatic carbocycles. The minimum Gasteiger partial charge on any atom is -0.323 e. The highest BCUT2D eigenvalue weighted by atomic mass is 32.2. The van der Waals surface area contributed by atoms with E-state index in [9.17, 15) is 0 Å². The fourth-order valence-corrected chi connectivity index (χ4v) is 2.88. The van der Waals surface area contributed by atoms with Gasteiger partial charge in [-0.15, -0.1) is 11.8 Å². The van der Waals surface area contributed by atoms with Gasteiger partial charge in [-0.1, -0.05) is 27.7 Å². The normalized spacial score (nSPS) is 16.8. The van der Waals surface area contributed by atoms with E-state index in [-0.39, 0.29) is 11.5 Å². The number of thioether (sulfide) groups is 1. The average Bonchev–Trinajstić information content (AvgIpc) is 2.25. The maximum atomic E-state index is 5.92. The van der Waals surface area contributed by atoms with E-state index < -0.39 is 0 Å². The average molecular weight is 256 g/mol. The molecule has 1 atom stereocenters. The Balaban J connectivity index is 5.39. The number of allylic oxidation sites excluding steroid dienone is 2. The van der Waals surface area contributed by atoms with Crippen molar-refractivity contribution in [2.45, 2.75) is 60.4 Å². The highest BCUT2D eigenvalue weighted by molar-refractivity contribution is 8.02. The van der Waals surface area contributed by atoms with Crippen LogP contribution in [0.1, 0.15) is 54.4 Å². The summed E-state index contributed by atoms with van der Waals surface area (Å²) in [6.07, 6.45) is 4.17. The lowest BCUT2D eigenvalue weighted by molar-refractivity contribution is 0.449. The highest BCUT2D eigenvalue weighted by Crippen LogP contribution is 2.39. The molecule has 3 heteroatoms. The zero-order valence-electron chi connectivity index (χ0n) is 12.4. The van der Waals surface area contributed by atoms with Crippen molar-refractivity contribution >= 4 is 17.5 Å². The number of aliphatic imine (C=N–C) groups is 1. The molecule has 17 heavy (non-hydrogen) atoms. The van der Waals surface area contributed by atoms with Crippen LogP contribution in [0.2, 0.25) is 0 Å².